The first-order valence-corrected chi connectivity index (χ1v) is 9.34. The second-order valence-corrected chi connectivity index (χ2v) is 7.64. The van der Waals surface area contributed by atoms with Gasteiger partial charge in [-0.1, -0.05) is 29.8 Å². The quantitative estimate of drug-likeness (QED) is 0.819. The molecule has 0 saturated heterocycles. The van der Waals surface area contributed by atoms with Crippen LogP contribution in [0.5, 0.6) is 0 Å². The Balaban J connectivity index is 1.74. The van der Waals surface area contributed by atoms with Crippen LogP contribution >= 0.6 is 0 Å². The highest BCUT2D eigenvalue weighted by atomic mass is 19.1. The number of hydrogen-bond acceptors (Lipinski definition) is 1. The highest BCUT2D eigenvalue weighted by Gasteiger charge is 2.39. The average molecular weight is 355 g/mol. The van der Waals surface area contributed by atoms with E-state index >= 15 is 0 Å². The van der Waals surface area contributed by atoms with Gasteiger partial charge in [0.05, 0.1) is 6.04 Å². The number of amides is 1. The number of nitrogens with one attached hydrogen (secondary N) is 2. The van der Waals surface area contributed by atoms with E-state index in [0.717, 1.165) is 41.8 Å². The summed E-state index contributed by atoms with van der Waals surface area (Å²) in [5.41, 5.74) is 5.37. The summed E-state index contributed by atoms with van der Waals surface area (Å²) < 4.78 is 13.2. The van der Waals surface area contributed by atoms with E-state index in [1.165, 1.54) is 22.6 Å². The first-order valence-electron chi connectivity index (χ1n) is 9.34. The molecule has 2 aromatic carbocycles. The third kappa shape index (κ3) is 4.31. The average Bonchev–Trinajstić information content (AvgIpc) is 3.41. The van der Waals surface area contributed by atoms with Crippen molar-refractivity contribution in [1.29, 1.82) is 0 Å². The van der Waals surface area contributed by atoms with Gasteiger partial charge < -0.3 is 10.2 Å². The van der Waals surface area contributed by atoms with Crippen LogP contribution in [0.2, 0.25) is 0 Å². The normalized spacial score (nSPS) is 16.2. The maximum absolute atomic E-state index is 13.2. The molecule has 1 fully saturated rings. The number of hydrogen-bond donors (Lipinski definition) is 2. The third-order valence-electron chi connectivity index (χ3n) is 5.30. The highest BCUT2D eigenvalue weighted by molar-refractivity contribution is 5.95. The van der Waals surface area contributed by atoms with Crippen molar-refractivity contribution >= 4 is 11.6 Å². The Labute approximate surface area is 155 Å². The Bertz CT molecular complexity index is 773. The van der Waals surface area contributed by atoms with Crippen molar-refractivity contribution in [3.05, 3.63) is 64.5 Å². The molecule has 2 aromatic rings. The van der Waals surface area contributed by atoms with Crippen LogP contribution < -0.4 is 10.2 Å². The van der Waals surface area contributed by atoms with Crippen molar-refractivity contribution in [2.45, 2.75) is 59.2 Å². The minimum atomic E-state index is -0.224. The van der Waals surface area contributed by atoms with Gasteiger partial charge in [0.15, 0.2) is 6.04 Å². The Kier molecular flexibility index (Phi) is 5.42. The fraction of sp³-hybridized carbons (Fsp3) is 0.409. The summed E-state index contributed by atoms with van der Waals surface area (Å²) in [7, 11) is 0. The van der Waals surface area contributed by atoms with E-state index in [4.69, 9.17) is 0 Å². The summed E-state index contributed by atoms with van der Waals surface area (Å²) in [5.74, 6) is -0.179. The van der Waals surface area contributed by atoms with Crippen molar-refractivity contribution in [2.75, 3.05) is 5.32 Å². The van der Waals surface area contributed by atoms with E-state index in [-0.39, 0.29) is 17.8 Å². The third-order valence-corrected chi connectivity index (χ3v) is 5.30. The first-order chi connectivity index (χ1) is 12.3. The van der Waals surface area contributed by atoms with Gasteiger partial charge in [0.1, 0.15) is 12.4 Å². The van der Waals surface area contributed by atoms with Gasteiger partial charge in [0, 0.05) is 24.1 Å². The number of carbonyl (C=O) groups is 1. The van der Waals surface area contributed by atoms with Crippen LogP contribution in [0, 0.1) is 26.6 Å². The monoisotopic (exact) mass is 355 g/mol. The highest BCUT2D eigenvalue weighted by Crippen LogP contribution is 2.22. The second kappa shape index (κ2) is 7.58. The van der Waals surface area contributed by atoms with Crippen LogP contribution in [-0.2, 0) is 11.3 Å². The van der Waals surface area contributed by atoms with Crippen molar-refractivity contribution in [3.8, 4) is 0 Å². The molecule has 1 aliphatic carbocycles. The van der Waals surface area contributed by atoms with Crippen LogP contribution in [0.1, 0.15) is 42.0 Å². The molecule has 0 spiro atoms. The zero-order chi connectivity index (χ0) is 18.8. The summed E-state index contributed by atoms with van der Waals surface area (Å²) in [5, 5.41) is 3.14. The smallest absolute Gasteiger partial charge is 0.282 e. The molecule has 1 saturated carbocycles. The van der Waals surface area contributed by atoms with Gasteiger partial charge in [0.25, 0.3) is 5.91 Å². The molecule has 0 heterocycles. The van der Waals surface area contributed by atoms with Gasteiger partial charge >= 0.3 is 0 Å². The summed E-state index contributed by atoms with van der Waals surface area (Å²) in [6, 6.07) is 11.2. The molecule has 0 aliphatic heterocycles. The van der Waals surface area contributed by atoms with Crippen LogP contribution in [0.25, 0.3) is 0 Å². The fourth-order valence-corrected chi connectivity index (χ4v) is 3.72. The van der Waals surface area contributed by atoms with Gasteiger partial charge in [0.2, 0.25) is 0 Å². The number of aryl methyl sites for hydroxylation is 3. The minimum absolute atomic E-state index is 0.0454. The fourth-order valence-electron chi connectivity index (χ4n) is 3.72. The number of carbonyl (C=O) groups excluding carboxylic acids is 1. The van der Waals surface area contributed by atoms with Crippen LogP contribution in [0.15, 0.2) is 36.4 Å². The molecule has 0 bridgehead atoms. The predicted molar refractivity (Wildman–Crippen MR) is 103 cm³/mol. The molecular formula is C22H28FN2O+. The minimum Gasteiger partial charge on any atom is -0.320 e. The molecule has 0 aromatic heterocycles. The van der Waals surface area contributed by atoms with Gasteiger partial charge in [-0.2, -0.15) is 0 Å². The molecule has 1 unspecified atom stereocenters. The molecule has 26 heavy (non-hydrogen) atoms. The Hall–Kier alpha value is -2.20. The van der Waals surface area contributed by atoms with Crippen LogP contribution in [-0.4, -0.2) is 18.0 Å². The van der Waals surface area contributed by atoms with E-state index < -0.39 is 0 Å². The number of quaternary nitrogens is 1. The molecule has 3 rings (SSSR count). The molecule has 1 amide bonds. The van der Waals surface area contributed by atoms with Crippen molar-refractivity contribution in [1.82, 2.24) is 0 Å². The summed E-state index contributed by atoms with van der Waals surface area (Å²) >= 11 is 0. The van der Waals surface area contributed by atoms with Crippen LogP contribution in [0.4, 0.5) is 10.1 Å². The molecule has 138 valence electrons. The topological polar surface area (TPSA) is 33.5 Å². The number of anilines is 1. The number of benzene rings is 2. The van der Waals surface area contributed by atoms with E-state index in [9.17, 15) is 9.18 Å². The Morgan fingerprint density at radius 1 is 1.15 bits per heavy atom. The molecule has 4 heteroatoms. The van der Waals surface area contributed by atoms with E-state index in [0.29, 0.717) is 6.04 Å². The molecule has 1 aliphatic rings. The SMILES string of the molecule is Cc1cc(C)c(NC(=O)[C@@H](C)[NH+](Cc2ccc(F)cc2)C2CC2)c(C)c1. The zero-order valence-electron chi connectivity index (χ0n) is 16.0. The lowest BCUT2D eigenvalue weighted by molar-refractivity contribution is -0.938. The second-order valence-electron chi connectivity index (χ2n) is 7.64. The standard InChI is InChI=1S/C22H27FN2O/c1-14-11-15(2)21(16(3)12-14)24-22(26)17(4)25(20-9-10-20)13-18-5-7-19(23)8-6-18/h5-8,11-12,17,20H,9-10,13H2,1-4H3,(H,24,26)/p+1/t17-/m1/s1. The predicted octanol–water partition coefficient (Wildman–Crippen LogP) is 3.33. The maximum atomic E-state index is 13.2. The number of rotatable bonds is 6. The lowest BCUT2D eigenvalue weighted by atomic mass is 10.0. The van der Waals surface area contributed by atoms with E-state index in [2.05, 4.69) is 24.4 Å². The molecule has 2 N–H and O–H groups in total. The largest absolute Gasteiger partial charge is 0.320 e. The summed E-state index contributed by atoms with van der Waals surface area (Å²) in [6.45, 7) is 8.86. The van der Waals surface area contributed by atoms with E-state index in [1.54, 1.807) is 0 Å². The van der Waals surface area contributed by atoms with Gasteiger partial charge in [-0.25, -0.2) is 4.39 Å². The first kappa shape index (κ1) is 18.6. The molecule has 0 radical (unpaired) electrons. The molecule has 2 atom stereocenters. The Morgan fingerprint density at radius 3 is 2.27 bits per heavy atom. The summed E-state index contributed by atoms with van der Waals surface area (Å²) in [4.78, 5) is 14.2. The number of halogens is 1. The van der Waals surface area contributed by atoms with Crippen molar-refractivity contribution in [2.24, 2.45) is 0 Å². The van der Waals surface area contributed by atoms with Crippen molar-refractivity contribution in [3.63, 3.8) is 0 Å². The van der Waals surface area contributed by atoms with Gasteiger partial charge in [-0.15, -0.1) is 0 Å². The zero-order valence-corrected chi connectivity index (χ0v) is 16.0. The Morgan fingerprint density at radius 2 is 1.73 bits per heavy atom. The van der Waals surface area contributed by atoms with Crippen LogP contribution in [0.3, 0.4) is 0 Å². The van der Waals surface area contributed by atoms with E-state index in [1.807, 2.05) is 32.9 Å². The maximum Gasteiger partial charge on any atom is 0.282 e. The molecule has 3 nitrogen and oxygen atoms in total. The van der Waals surface area contributed by atoms with Gasteiger partial charge in [-0.3, -0.25) is 4.79 Å². The lowest BCUT2D eigenvalue weighted by Gasteiger charge is -2.26. The lowest BCUT2D eigenvalue weighted by Crippen LogP contribution is -3.16. The van der Waals surface area contributed by atoms with Crippen molar-refractivity contribution < 1.29 is 14.1 Å². The van der Waals surface area contributed by atoms with Gasteiger partial charge in [-0.05, 0) is 51.0 Å². The molecular weight excluding hydrogens is 327 g/mol. The summed E-state index contributed by atoms with van der Waals surface area (Å²) in [6.07, 6.45) is 2.30.